The lowest BCUT2D eigenvalue weighted by molar-refractivity contribution is 0.0937. The average molecular weight is 355 g/mol. The van der Waals surface area contributed by atoms with E-state index in [0.717, 1.165) is 12.8 Å². The fourth-order valence-electron chi connectivity index (χ4n) is 2.45. The van der Waals surface area contributed by atoms with E-state index in [1.54, 1.807) is 26.0 Å². The van der Waals surface area contributed by atoms with Crippen molar-refractivity contribution in [1.29, 1.82) is 0 Å². The zero-order valence-electron chi connectivity index (χ0n) is 15.4. The monoisotopic (exact) mass is 354 g/mol. The molecule has 1 aromatic rings. The molecule has 1 atom stereocenters. The number of benzene rings is 1. The second-order valence-electron chi connectivity index (χ2n) is 6.46. The third kappa shape index (κ3) is 5.60. The van der Waals surface area contributed by atoms with Crippen LogP contribution in [0.25, 0.3) is 0 Å². The predicted octanol–water partition coefficient (Wildman–Crippen LogP) is 3.27. The highest BCUT2D eigenvalue weighted by molar-refractivity contribution is 7.89. The molecule has 0 aliphatic carbocycles. The van der Waals surface area contributed by atoms with Gasteiger partial charge < -0.3 is 5.32 Å². The zero-order valence-corrected chi connectivity index (χ0v) is 16.2. The average Bonchev–Trinajstić information content (AvgIpc) is 2.54. The maximum Gasteiger partial charge on any atom is 0.251 e. The van der Waals surface area contributed by atoms with E-state index >= 15 is 0 Å². The van der Waals surface area contributed by atoms with E-state index in [2.05, 4.69) is 19.2 Å². The van der Waals surface area contributed by atoms with Crippen molar-refractivity contribution in [1.82, 2.24) is 9.62 Å². The fourth-order valence-corrected chi connectivity index (χ4v) is 3.91. The van der Waals surface area contributed by atoms with Crippen LogP contribution in [0.1, 0.15) is 57.8 Å². The van der Waals surface area contributed by atoms with Crippen molar-refractivity contribution < 1.29 is 13.2 Å². The Morgan fingerprint density at radius 2 is 1.58 bits per heavy atom. The van der Waals surface area contributed by atoms with Crippen LogP contribution >= 0.6 is 0 Å². The molecule has 136 valence electrons. The second kappa shape index (κ2) is 9.18. The van der Waals surface area contributed by atoms with Crippen LogP contribution in [0.3, 0.4) is 0 Å². The Kier molecular flexibility index (Phi) is 7.90. The summed E-state index contributed by atoms with van der Waals surface area (Å²) in [6.07, 6.45) is 1.99. The summed E-state index contributed by atoms with van der Waals surface area (Å²) in [6, 6.07) is 6.24. The molecule has 0 fully saturated rings. The molecule has 6 heteroatoms. The molecule has 1 N–H and O–H groups in total. The van der Waals surface area contributed by atoms with Gasteiger partial charge in [0.25, 0.3) is 5.91 Å². The largest absolute Gasteiger partial charge is 0.350 e. The fraction of sp³-hybridized carbons (Fsp3) is 0.611. The lowest BCUT2D eigenvalue weighted by Gasteiger charge is -2.18. The highest BCUT2D eigenvalue weighted by atomic mass is 32.2. The van der Waals surface area contributed by atoms with E-state index in [9.17, 15) is 13.2 Å². The minimum atomic E-state index is -3.48. The van der Waals surface area contributed by atoms with Gasteiger partial charge in [-0.3, -0.25) is 4.79 Å². The van der Waals surface area contributed by atoms with Gasteiger partial charge in [-0.15, -0.1) is 0 Å². The van der Waals surface area contributed by atoms with Crippen LogP contribution in [0, 0.1) is 5.92 Å². The van der Waals surface area contributed by atoms with E-state index in [4.69, 9.17) is 0 Å². The van der Waals surface area contributed by atoms with Crippen LogP contribution in [0.5, 0.6) is 0 Å². The Labute approximate surface area is 146 Å². The van der Waals surface area contributed by atoms with Crippen molar-refractivity contribution in [2.45, 2.75) is 58.4 Å². The summed E-state index contributed by atoms with van der Waals surface area (Å²) in [4.78, 5) is 12.5. The van der Waals surface area contributed by atoms with Crippen LogP contribution in [0.4, 0.5) is 0 Å². The van der Waals surface area contributed by atoms with Gasteiger partial charge in [0.1, 0.15) is 0 Å². The molecule has 1 rings (SSSR count). The van der Waals surface area contributed by atoms with Gasteiger partial charge in [0, 0.05) is 24.7 Å². The maximum absolute atomic E-state index is 12.4. The Bertz CT molecular complexity index is 620. The Morgan fingerprint density at radius 3 is 2.04 bits per heavy atom. The molecular weight excluding hydrogens is 324 g/mol. The summed E-state index contributed by atoms with van der Waals surface area (Å²) in [5.41, 5.74) is 0.477. The summed E-state index contributed by atoms with van der Waals surface area (Å²) in [7, 11) is -3.48. The normalized spacial score (nSPS) is 13.3. The third-order valence-electron chi connectivity index (χ3n) is 4.01. The number of amides is 1. The molecular formula is C18H30N2O3S. The molecule has 24 heavy (non-hydrogen) atoms. The number of carbonyl (C=O) groups is 1. The molecule has 0 aliphatic heterocycles. The van der Waals surface area contributed by atoms with Crippen LogP contribution in [-0.4, -0.2) is 37.8 Å². The third-order valence-corrected chi connectivity index (χ3v) is 6.08. The number of hydrogen-bond donors (Lipinski definition) is 1. The first-order valence-electron chi connectivity index (χ1n) is 8.63. The molecule has 0 unspecified atom stereocenters. The highest BCUT2D eigenvalue weighted by Crippen LogP contribution is 2.16. The van der Waals surface area contributed by atoms with E-state index in [0.29, 0.717) is 24.6 Å². The highest BCUT2D eigenvalue weighted by Gasteiger charge is 2.21. The molecule has 0 spiro atoms. The standard InChI is InChI=1S/C18H30N2O3S/c1-6-20(7-2)24(22,23)17-12-10-16(11-13-17)18(21)19-15(5)9-8-14(3)4/h10-15H,6-9H2,1-5H3,(H,19,21)/t15-/m1/s1. The van der Waals surface area contributed by atoms with Crippen molar-refractivity contribution >= 4 is 15.9 Å². The number of nitrogens with one attached hydrogen (secondary N) is 1. The van der Waals surface area contributed by atoms with Gasteiger partial charge in [0.2, 0.25) is 10.0 Å². The van der Waals surface area contributed by atoms with E-state index in [1.165, 1.54) is 16.4 Å². The number of nitrogens with zero attached hydrogens (tertiary/aromatic N) is 1. The van der Waals surface area contributed by atoms with Gasteiger partial charge in [0.05, 0.1) is 4.90 Å². The van der Waals surface area contributed by atoms with Gasteiger partial charge in [-0.1, -0.05) is 27.7 Å². The van der Waals surface area contributed by atoms with Gasteiger partial charge in [-0.2, -0.15) is 4.31 Å². The van der Waals surface area contributed by atoms with Gasteiger partial charge in [-0.05, 0) is 49.9 Å². The van der Waals surface area contributed by atoms with Crippen LogP contribution in [0.2, 0.25) is 0 Å². The van der Waals surface area contributed by atoms with E-state index in [-0.39, 0.29) is 16.8 Å². The number of rotatable bonds is 9. The molecule has 0 bridgehead atoms. The van der Waals surface area contributed by atoms with Crippen molar-refractivity contribution in [3.05, 3.63) is 29.8 Å². The summed E-state index contributed by atoms with van der Waals surface area (Å²) in [5, 5.41) is 2.96. The topological polar surface area (TPSA) is 66.5 Å². The smallest absolute Gasteiger partial charge is 0.251 e. The summed E-state index contributed by atoms with van der Waals surface area (Å²) in [6.45, 7) is 10.8. The molecule has 0 aromatic heterocycles. The molecule has 0 saturated heterocycles. The first-order valence-corrected chi connectivity index (χ1v) is 10.1. The Balaban J connectivity index is 2.78. The number of hydrogen-bond acceptors (Lipinski definition) is 3. The van der Waals surface area contributed by atoms with Crippen LogP contribution in [-0.2, 0) is 10.0 Å². The molecule has 5 nitrogen and oxygen atoms in total. The zero-order chi connectivity index (χ0) is 18.3. The second-order valence-corrected chi connectivity index (χ2v) is 8.40. The molecule has 0 radical (unpaired) electrons. The quantitative estimate of drug-likeness (QED) is 0.740. The summed E-state index contributed by atoms with van der Waals surface area (Å²) < 4.78 is 26.3. The SMILES string of the molecule is CCN(CC)S(=O)(=O)c1ccc(C(=O)N[C@H](C)CCC(C)C)cc1. The Hall–Kier alpha value is -1.40. The molecule has 1 aromatic carbocycles. The summed E-state index contributed by atoms with van der Waals surface area (Å²) >= 11 is 0. The molecule has 0 heterocycles. The molecule has 0 aliphatic rings. The lowest BCUT2D eigenvalue weighted by Crippen LogP contribution is -2.33. The van der Waals surface area contributed by atoms with Crippen molar-refractivity contribution in [2.24, 2.45) is 5.92 Å². The maximum atomic E-state index is 12.4. The minimum Gasteiger partial charge on any atom is -0.350 e. The first kappa shape index (κ1) is 20.6. The summed E-state index contributed by atoms with van der Waals surface area (Å²) in [5.74, 6) is 0.437. The van der Waals surface area contributed by atoms with Crippen molar-refractivity contribution in [3.63, 3.8) is 0 Å². The van der Waals surface area contributed by atoms with Crippen LogP contribution in [0.15, 0.2) is 29.2 Å². The molecule has 1 amide bonds. The molecule has 0 saturated carbocycles. The number of sulfonamides is 1. The van der Waals surface area contributed by atoms with Gasteiger partial charge in [0.15, 0.2) is 0 Å². The lowest BCUT2D eigenvalue weighted by atomic mass is 10.0. The van der Waals surface area contributed by atoms with Gasteiger partial charge >= 0.3 is 0 Å². The van der Waals surface area contributed by atoms with E-state index < -0.39 is 10.0 Å². The number of carbonyl (C=O) groups excluding carboxylic acids is 1. The van der Waals surface area contributed by atoms with Gasteiger partial charge in [-0.25, -0.2) is 8.42 Å². The minimum absolute atomic E-state index is 0.0963. The Morgan fingerprint density at radius 1 is 1.04 bits per heavy atom. The van der Waals surface area contributed by atoms with E-state index in [1.807, 2.05) is 6.92 Å². The predicted molar refractivity (Wildman–Crippen MR) is 97.5 cm³/mol. The first-order chi connectivity index (χ1) is 11.2. The van der Waals surface area contributed by atoms with Crippen molar-refractivity contribution in [3.8, 4) is 0 Å². The van der Waals surface area contributed by atoms with Crippen LogP contribution < -0.4 is 5.32 Å². The van der Waals surface area contributed by atoms with Crippen molar-refractivity contribution in [2.75, 3.05) is 13.1 Å².